The van der Waals surface area contributed by atoms with Crippen molar-refractivity contribution in [3.05, 3.63) is 35.4 Å². The van der Waals surface area contributed by atoms with E-state index in [-0.39, 0.29) is 0 Å². The highest BCUT2D eigenvalue weighted by molar-refractivity contribution is 5.31. The molecule has 1 unspecified atom stereocenters. The van der Waals surface area contributed by atoms with Crippen molar-refractivity contribution in [3.8, 4) is 0 Å². The number of hydrogen-bond acceptors (Lipinski definition) is 2. The van der Waals surface area contributed by atoms with E-state index in [2.05, 4.69) is 55.4 Å². The molecule has 0 heterocycles. The van der Waals surface area contributed by atoms with Crippen LogP contribution in [0.1, 0.15) is 49.7 Å². The van der Waals surface area contributed by atoms with Gasteiger partial charge in [-0.05, 0) is 63.6 Å². The molecule has 2 fully saturated rings. The summed E-state index contributed by atoms with van der Waals surface area (Å²) in [6.07, 6.45) is 5.43. The van der Waals surface area contributed by atoms with Crippen LogP contribution in [0.5, 0.6) is 0 Å². The predicted molar refractivity (Wildman–Crippen MR) is 85.2 cm³/mol. The van der Waals surface area contributed by atoms with Gasteiger partial charge in [0.1, 0.15) is 0 Å². The summed E-state index contributed by atoms with van der Waals surface area (Å²) in [7, 11) is 2.28. The third-order valence-corrected chi connectivity index (χ3v) is 5.29. The van der Waals surface area contributed by atoms with Gasteiger partial charge in [-0.15, -0.1) is 0 Å². The largest absolute Gasteiger partial charge is 0.312 e. The van der Waals surface area contributed by atoms with E-state index < -0.39 is 0 Å². The molecule has 1 aromatic carbocycles. The monoisotopic (exact) mass is 272 g/mol. The fourth-order valence-corrected chi connectivity index (χ4v) is 3.41. The SMILES string of the molecule is Cc1ccccc1C1CC(NCC(C)N(C)C2CC2)C1. The lowest BCUT2D eigenvalue weighted by Gasteiger charge is -2.38. The van der Waals surface area contributed by atoms with Crippen molar-refractivity contribution in [2.45, 2.75) is 63.6 Å². The molecule has 2 nitrogen and oxygen atoms in total. The summed E-state index contributed by atoms with van der Waals surface area (Å²) in [5.74, 6) is 0.783. The summed E-state index contributed by atoms with van der Waals surface area (Å²) in [5.41, 5.74) is 3.02. The first-order valence-electron chi connectivity index (χ1n) is 8.16. The average molecular weight is 272 g/mol. The molecule has 0 spiro atoms. The predicted octanol–water partition coefficient (Wildman–Crippen LogP) is 3.31. The zero-order valence-corrected chi connectivity index (χ0v) is 13.1. The van der Waals surface area contributed by atoms with Crippen molar-refractivity contribution in [2.75, 3.05) is 13.6 Å². The highest BCUT2D eigenvalue weighted by atomic mass is 15.2. The van der Waals surface area contributed by atoms with Gasteiger partial charge in [0.25, 0.3) is 0 Å². The Balaban J connectivity index is 1.41. The van der Waals surface area contributed by atoms with Gasteiger partial charge in [-0.2, -0.15) is 0 Å². The van der Waals surface area contributed by atoms with Crippen LogP contribution in [0.4, 0.5) is 0 Å². The Hall–Kier alpha value is -0.860. The van der Waals surface area contributed by atoms with Crippen molar-refractivity contribution in [2.24, 2.45) is 0 Å². The van der Waals surface area contributed by atoms with E-state index in [4.69, 9.17) is 0 Å². The van der Waals surface area contributed by atoms with Crippen LogP contribution in [0.3, 0.4) is 0 Å². The van der Waals surface area contributed by atoms with Crippen LogP contribution in [0.15, 0.2) is 24.3 Å². The Labute approximate surface area is 123 Å². The third kappa shape index (κ3) is 3.07. The first kappa shape index (κ1) is 14.1. The zero-order chi connectivity index (χ0) is 14.1. The molecule has 0 aromatic heterocycles. The van der Waals surface area contributed by atoms with Gasteiger partial charge < -0.3 is 5.32 Å². The van der Waals surface area contributed by atoms with Crippen LogP contribution in [0.25, 0.3) is 0 Å². The minimum atomic E-state index is 0.667. The zero-order valence-electron chi connectivity index (χ0n) is 13.1. The lowest BCUT2D eigenvalue weighted by atomic mass is 9.74. The van der Waals surface area contributed by atoms with E-state index in [0.717, 1.165) is 24.5 Å². The second kappa shape index (κ2) is 5.87. The highest BCUT2D eigenvalue weighted by Gasteiger charge is 2.32. The Bertz CT molecular complexity index is 446. The Morgan fingerprint density at radius 3 is 2.60 bits per heavy atom. The minimum Gasteiger partial charge on any atom is -0.312 e. The third-order valence-electron chi connectivity index (χ3n) is 5.29. The number of nitrogens with zero attached hydrogens (tertiary/aromatic N) is 1. The van der Waals surface area contributed by atoms with E-state index in [0.29, 0.717) is 6.04 Å². The molecular formula is C18H28N2. The molecule has 2 aliphatic rings. The molecule has 0 amide bonds. The molecule has 0 radical (unpaired) electrons. The molecule has 2 heteroatoms. The molecule has 110 valence electrons. The maximum atomic E-state index is 3.76. The standard InChI is InChI=1S/C18H28N2/c1-13-6-4-5-7-18(13)15-10-16(11-15)19-12-14(2)20(3)17-8-9-17/h4-7,14-17,19H,8-12H2,1-3H3. The lowest BCUT2D eigenvalue weighted by Crippen LogP contribution is -2.47. The second-order valence-corrected chi connectivity index (χ2v) is 6.88. The fraction of sp³-hybridized carbons (Fsp3) is 0.667. The van der Waals surface area contributed by atoms with Gasteiger partial charge in [0.05, 0.1) is 0 Å². The molecule has 2 saturated carbocycles. The van der Waals surface area contributed by atoms with Gasteiger partial charge in [0, 0.05) is 24.7 Å². The van der Waals surface area contributed by atoms with Crippen molar-refractivity contribution in [3.63, 3.8) is 0 Å². The molecule has 3 rings (SSSR count). The number of aryl methyl sites for hydroxylation is 1. The molecule has 0 bridgehead atoms. The van der Waals surface area contributed by atoms with Crippen LogP contribution >= 0.6 is 0 Å². The van der Waals surface area contributed by atoms with Crippen molar-refractivity contribution >= 4 is 0 Å². The van der Waals surface area contributed by atoms with Gasteiger partial charge >= 0.3 is 0 Å². The lowest BCUT2D eigenvalue weighted by molar-refractivity contribution is 0.213. The van der Waals surface area contributed by atoms with Gasteiger partial charge in [0.15, 0.2) is 0 Å². The number of rotatable bonds is 6. The molecule has 1 N–H and O–H groups in total. The molecule has 1 aromatic rings. The molecule has 20 heavy (non-hydrogen) atoms. The van der Waals surface area contributed by atoms with Gasteiger partial charge in [-0.3, -0.25) is 4.90 Å². The van der Waals surface area contributed by atoms with Crippen molar-refractivity contribution < 1.29 is 0 Å². The Morgan fingerprint density at radius 1 is 1.25 bits per heavy atom. The van der Waals surface area contributed by atoms with Crippen LogP contribution in [0, 0.1) is 6.92 Å². The summed E-state index contributed by atoms with van der Waals surface area (Å²) in [4.78, 5) is 2.55. The van der Waals surface area contributed by atoms with E-state index in [9.17, 15) is 0 Å². The molecule has 2 aliphatic carbocycles. The summed E-state index contributed by atoms with van der Waals surface area (Å²) in [6, 6.07) is 11.1. The van der Waals surface area contributed by atoms with Crippen LogP contribution in [0.2, 0.25) is 0 Å². The van der Waals surface area contributed by atoms with Gasteiger partial charge in [0.2, 0.25) is 0 Å². The van der Waals surface area contributed by atoms with Gasteiger partial charge in [-0.1, -0.05) is 24.3 Å². The number of benzene rings is 1. The molecular weight excluding hydrogens is 244 g/mol. The minimum absolute atomic E-state index is 0.667. The van der Waals surface area contributed by atoms with Crippen LogP contribution in [-0.2, 0) is 0 Å². The maximum Gasteiger partial charge on any atom is 0.0192 e. The summed E-state index contributed by atoms with van der Waals surface area (Å²) in [6.45, 7) is 5.73. The van der Waals surface area contributed by atoms with Crippen molar-refractivity contribution in [1.82, 2.24) is 10.2 Å². The normalized spacial score (nSPS) is 27.4. The summed E-state index contributed by atoms with van der Waals surface area (Å²) < 4.78 is 0. The first-order valence-corrected chi connectivity index (χ1v) is 8.16. The van der Waals surface area contributed by atoms with Crippen molar-refractivity contribution in [1.29, 1.82) is 0 Å². The maximum absolute atomic E-state index is 3.76. The summed E-state index contributed by atoms with van der Waals surface area (Å²) in [5, 5.41) is 3.76. The number of likely N-dealkylation sites (N-methyl/N-ethyl adjacent to an activating group) is 1. The molecule has 0 aliphatic heterocycles. The average Bonchev–Trinajstić information content (AvgIpc) is 3.22. The van der Waals surface area contributed by atoms with Crippen LogP contribution < -0.4 is 5.32 Å². The van der Waals surface area contributed by atoms with E-state index in [1.807, 2.05) is 0 Å². The topological polar surface area (TPSA) is 15.3 Å². The van der Waals surface area contributed by atoms with E-state index >= 15 is 0 Å². The number of hydrogen-bond donors (Lipinski definition) is 1. The first-order chi connectivity index (χ1) is 9.65. The van der Waals surface area contributed by atoms with E-state index in [1.54, 1.807) is 5.56 Å². The summed E-state index contributed by atoms with van der Waals surface area (Å²) >= 11 is 0. The molecule has 1 atom stereocenters. The Morgan fingerprint density at radius 2 is 1.95 bits per heavy atom. The smallest absolute Gasteiger partial charge is 0.0192 e. The highest BCUT2D eigenvalue weighted by Crippen LogP contribution is 2.38. The number of nitrogens with one attached hydrogen (secondary N) is 1. The quantitative estimate of drug-likeness (QED) is 0.854. The van der Waals surface area contributed by atoms with Crippen LogP contribution in [-0.4, -0.2) is 36.6 Å². The van der Waals surface area contributed by atoms with Gasteiger partial charge in [-0.25, -0.2) is 0 Å². The Kier molecular flexibility index (Phi) is 4.13. The van der Waals surface area contributed by atoms with E-state index in [1.165, 1.54) is 31.2 Å². The fourth-order valence-electron chi connectivity index (χ4n) is 3.41. The second-order valence-electron chi connectivity index (χ2n) is 6.88. The molecule has 0 saturated heterocycles.